The number of hydrogen-bond donors (Lipinski definition) is 0. The van der Waals surface area contributed by atoms with E-state index < -0.39 is 8.07 Å². The van der Waals surface area contributed by atoms with Crippen LogP contribution in [0.1, 0.15) is 144 Å². The molecule has 0 atom stereocenters. The number of anilines is 6. The zero-order valence-corrected chi connectivity index (χ0v) is 79.2. The van der Waals surface area contributed by atoms with Crippen molar-refractivity contribution in [3.05, 3.63) is 411 Å². The fraction of sp³-hybridized carbons (Fsp3) is 0.239. The molecule has 0 saturated carbocycles. The van der Waals surface area contributed by atoms with E-state index in [-0.39, 0.29) is 21.7 Å². The Bertz CT molecular complexity index is 6430. The second-order valence-corrected chi connectivity index (χ2v) is 42.2. The fourth-order valence-electron chi connectivity index (χ4n) is 19.6. The second kappa shape index (κ2) is 34.8. The van der Waals surface area contributed by atoms with Crippen LogP contribution in [0.5, 0.6) is 0 Å². The predicted molar refractivity (Wildman–Crippen MR) is 544 cm³/mol. The third kappa shape index (κ3) is 16.1. The number of pyridine rings is 1. The zero-order chi connectivity index (χ0) is 88.9. The molecule has 7 heterocycles. The lowest BCUT2D eigenvalue weighted by Crippen LogP contribution is -2.58. The number of rotatable bonds is 2. The van der Waals surface area contributed by atoms with Crippen molar-refractivity contribution < 1.29 is 0 Å². The van der Waals surface area contributed by atoms with Crippen molar-refractivity contribution >= 4 is 118 Å². The summed E-state index contributed by atoms with van der Waals surface area (Å²) >= 11 is 0. The van der Waals surface area contributed by atoms with Gasteiger partial charge >= 0.3 is 0 Å². The standard InChI is InChI=1S/C26H21N.C21H27N.C16H17N.C15H17NSi.C15H15N.C12H10N2.C12H18/c1-27-24-18-10-8-16-22(24)26(20-12-4-2-5-13-20,21-14-6-3-7-15-21)23-17-9-11-19-25(23)27;1-20(2,3)14-8-10-18-16(12-14)17-13-15(21(4,5)6)9-11-19(17)22(18)7;1-16(2)12-8-4-6-10-14(12)17(3)15-11-7-5-9-13(15)16;1-16-12-8-4-6-10-14(12)17(2,3)15-11-7-5-9-13(15)16;1-10-4-6-14-12(8-10)13-9-11(2)5-7-15(13)16(14)3;1-14-11-5-3-2-4-9(11)10-6-7-13-8-12(10)14;1-7-8(2)10(4)12(6)11(5)9(7)3/h2-19H,1H3;8-13H,1-7H3;2*4-11H,1-3H3;4-9H,1-3H3;2-8H,1H3;1-6H3. The fourth-order valence-corrected chi connectivity index (χ4v) is 22.7. The van der Waals surface area contributed by atoms with E-state index in [1.54, 1.807) is 10.4 Å². The van der Waals surface area contributed by atoms with Crippen LogP contribution in [0.3, 0.4) is 0 Å². The van der Waals surface area contributed by atoms with Gasteiger partial charge in [-0.25, -0.2) is 0 Å². The van der Waals surface area contributed by atoms with Crippen molar-refractivity contribution in [1.82, 2.24) is 18.7 Å². The lowest BCUT2D eigenvalue weighted by atomic mass is 9.62. The molecule has 3 aliphatic rings. The van der Waals surface area contributed by atoms with Crippen molar-refractivity contribution in [1.29, 1.82) is 0 Å². The molecule has 0 saturated heterocycles. The molecule has 3 aliphatic heterocycles. The van der Waals surface area contributed by atoms with Gasteiger partial charge in [0.1, 0.15) is 8.07 Å². The summed E-state index contributed by atoms with van der Waals surface area (Å²) in [6.45, 7) is 40.7. The highest BCUT2D eigenvalue weighted by Gasteiger charge is 2.45. The number of aryl methyl sites for hydroxylation is 5. The number of hydrogen-bond acceptors (Lipinski definition) is 4. The second-order valence-electron chi connectivity index (χ2n) is 37.9. The molecule has 0 aliphatic carbocycles. The third-order valence-electron chi connectivity index (χ3n) is 27.7. The summed E-state index contributed by atoms with van der Waals surface area (Å²) in [6.07, 6.45) is 3.75. The Morgan fingerprint density at radius 3 is 0.952 bits per heavy atom. The topological polar surface area (TPSA) is 37.4 Å². The number of aromatic nitrogens is 4. The van der Waals surface area contributed by atoms with Gasteiger partial charge < -0.3 is 28.4 Å². The molecular weight excluding hydrogens is 1530 g/mol. The molecule has 18 aromatic rings. The van der Waals surface area contributed by atoms with Gasteiger partial charge in [0.15, 0.2) is 0 Å². The molecule has 632 valence electrons. The molecule has 0 fully saturated rings. The smallest absolute Gasteiger partial charge is 0.117 e. The number of nitrogens with zero attached hydrogens (tertiary/aromatic N) is 7. The van der Waals surface area contributed by atoms with Crippen LogP contribution in [0.2, 0.25) is 13.1 Å². The van der Waals surface area contributed by atoms with Crippen LogP contribution in [0.15, 0.2) is 322 Å². The van der Waals surface area contributed by atoms with Gasteiger partial charge in [-0.1, -0.05) is 292 Å². The van der Waals surface area contributed by atoms with E-state index in [0.717, 1.165) is 0 Å². The Morgan fingerprint density at radius 2 is 0.560 bits per heavy atom. The lowest BCUT2D eigenvalue weighted by Gasteiger charge is -2.45. The average Bonchev–Trinajstić information content (AvgIpc) is 1.63. The van der Waals surface area contributed by atoms with E-state index in [0.29, 0.717) is 0 Å². The lowest BCUT2D eigenvalue weighted by molar-refractivity contribution is 0.590. The summed E-state index contributed by atoms with van der Waals surface area (Å²) in [5.74, 6) is 0. The molecule has 0 N–H and O–H groups in total. The minimum atomic E-state index is -1.52. The maximum atomic E-state index is 4.15. The van der Waals surface area contributed by atoms with Crippen molar-refractivity contribution in [3.63, 3.8) is 0 Å². The largest absolute Gasteiger partial charge is 0.345 e. The molecule has 21 rings (SSSR count). The molecule has 0 unspecified atom stereocenters. The molecular formula is C117H125N7Si. The van der Waals surface area contributed by atoms with Gasteiger partial charge in [-0.2, -0.15) is 0 Å². The molecule has 8 heteroatoms. The highest BCUT2D eigenvalue weighted by atomic mass is 28.3. The van der Waals surface area contributed by atoms with E-state index in [1.165, 1.54) is 189 Å². The summed E-state index contributed by atoms with van der Waals surface area (Å²) in [6, 6.07) is 112. The van der Waals surface area contributed by atoms with Crippen molar-refractivity contribution in [2.24, 2.45) is 21.1 Å². The summed E-state index contributed by atoms with van der Waals surface area (Å²) in [5, 5.41) is 11.1. The van der Waals surface area contributed by atoms with Crippen LogP contribution in [0.25, 0.3) is 65.4 Å². The molecule has 4 aromatic heterocycles. The molecule has 0 amide bonds. The van der Waals surface area contributed by atoms with Crippen molar-refractivity contribution in [3.8, 4) is 0 Å². The summed E-state index contributed by atoms with van der Waals surface area (Å²) in [5.41, 5.74) is 37.9. The Morgan fingerprint density at radius 1 is 0.272 bits per heavy atom. The van der Waals surface area contributed by atoms with Crippen molar-refractivity contribution in [2.45, 2.75) is 146 Å². The van der Waals surface area contributed by atoms with Gasteiger partial charge in [-0.15, -0.1) is 0 Å². The van der Waals surface area contributed by atoms with E-state index in [4.69, 9.17) is 0 Å². The van der Waals surface area contributed by atoms with Crippen LogP contribution >= 0.6 is 0 Å². The Hall–Kier alpha value is -12.8. The minimum Gasteiger partial charge on any atom is -0.345 e. The van der Waals surface area contributed by atoms with Gasteiger partial charge in [-0.3, -0.25) is 4.98 Å². The average molecular weight is 1660 g/mol. The third-order valence-corrected chi connectivity index (χ3v) is 31.2. The SMILES string of the molecule is CN1c2ccccc2C(C)(C)c2ccccc21.CN1c2ccccc2C(c2ccccc2)(c2ccccc2)c2ccccc21.CN1c2ccccc2[Si](C)(C)c2ccccc21.Cc1c(C)c(C)c(C)c(C)c1C.Cc1ccc2c(c1)c1cc(C)ccc1n2C.Cn1c2ccc(C(C)(C)C)cc2c2cc(C(C)(C)C)ccc21.Cn1c2ccccc2c2ccncc21. The number of para-hydroxylation sites is 7. The predicted octanol–water partition coefficient (Wildman–Crippen LogP) is 29.0. The van der Waals surface area contributed by atoms with Gasteiger partial charge in [0.2, 0.25) is 0 Å². The van der Waals surface area contributed by atoms with E-state index >= 15 is 0 Å². The van der Waals surface area contributed by atoms with E-state index in [9.17, 15) is 0 Å². The van der Waals surface area contributed by atoms with Gasteiger partial charge in [0.25, 0.3) is 0 Å². The van der Waals surface area contributed by atoms with Gasteiger partial charge in [-0.05, 0) is 252 Å². The zero-order valence-electron chi connectivity index (χ0n) is 78.2. The molecule has 14 aromatic carbocycles. The first-order chi connectivity index (χ1) is 59.7. The summed E-state index contributed by atoms with van der Waals surface area (Å²) in [7, 11) is 11.3. The maximum Gasteiger partial charge on any atom is 0.117 e. The molecule has 125 heavy (non-hydrogen) atoms. The maximum absolute atomic E-state index is 4.15. The Balaban J connectivity index is 0.000000114. The molecule has 0 radical (unpaired) electrons. The Kier molecular flexibility index (Phi) is 24.2. The van der Waals surface area contributed by atoms with E-state index in [2.05, 4.69) is 509 Å². The van der Waals surface area contributed by atoms with Crippen LogP contribution in [-0.2, 0) is 42.8 Å². The normalized spacial score (nSPS) is 13.6. The first kappa shape index (κ1) is 87.2. The first-order valence-electron chi connectivity index (χ1n) is 44.4. The highest BCUT2D eigenvalue weighted by Crippen LogP contribution is 2.56. The van der Waals surface area contributed by atoms with Crippen LogP contribution in [-0.4, -0.2) is 47.9 Å². The summed E-state index contributed by atoms with van der Waals surface area (Å²) in [4.78, 5) is 11.1. The monoisotopic (exact) mass is 1660 g/mol. The molecule has 0 spiro atoms. The molecule has 7 nitrogen and oxygen atoms in total. The molecule has 0 bridgehead atoms. The van der Waals surface area contributed by atoms with E-state index in [1.807, 2.05) is 12.4 Å². The number of fused-ring (bicyclic) bond motifs is 15. The van der Waals surface area contributed by atoms with Crippen LogP contribution in [0.4, 0.5) is 34.1 Å². The van der Waals surface area contributed by atoms with Crippen molar-refractivity contribution in [2.75, 3.05) is 35.8 Å². The Labute approximate surface area is 745 Å². The minimum absolute atomic E-state index is 0.0830. The quantitative estimate of drug-likeness (QED) is 0.162. The van der Waals surface area contributed by atoms with Crippen LogP contribution in [0, 0.1) is 55.4 Å². The number of benzene rings is 14. The van der Waals surface area contributed by atoms with Gasteiger partial charge in [0.05, 0.1) is 17.1 Å². The first-order valence-corrected chi connectivity index (χ1v) is 47.4. The highest BCUT2D eigenvalue weighted by molar-refractivity contribution is 7.02. The summed E-state index contributed by atoms with van der Waals surface area (Å²) < 4.78 is 6.75. The van der Waals surface area contributed by atoms with Gasteiger partial charge in [0, 0.05) is 148 Å². The van der Waals surface area contributed by atoms with Crippen LogP contribution < -0.4 is 25.1 Å².